The van der Waals surface area contributed by atoms with Crippen molar-refractivity contribution in [2.75, 3.05) is 11.8 Å². The molecule has 1 N–H and O–H groups in total. The van der Waals surface area contributed by atoms with E-state index >= 15 is 0 Å². The van der Waals surface area contributed by atoms with Crippen molar-refractivity contribution in [3.63, 3.8) is 0 Å². The van der Waals surface area contributed by atoms with E-state index in [1.54, 1.807) is 19.9 Å². The standard InChI is InChI=1S/C15H15ClN2O5S/c1-9-7-15(10(2)6-12(9)16)24(21,22)17-13-5-4-11(18(19)20)8-14(13)23-3/h4-8,17H,1-3H3. The molecule has 2 rings (SSSR count). The number of ether oxygens (including phenoxy) is 1. The van der Waals surface area contributed by atoms with Crippen LogP contribution in [0.2, 0.25) is 5.02 Å². The topological polar surface area (TPSA) is 98.5 Å². The van der Waals surface area contributed by atoms with Crippen molar-refractivity contribution in [3.8, 4) is 5.75 Å². The van der Waals surface area contributed by atoms with Gasteiger partial charge in [-0.2, -0.15) is 0 Å². The molecule has 2 aromatic rings. The minimum absolute atomic E-state index is 0.0520. The summed E-state index contributed by atoms with van der Waals surface area (Å²) in [6, 6.07) is 6.67. The number of benzene rings is 2. The van der Waals surface area contributed by atoms with Crippen molar-refractivity contribution in [3.05, 3.63) is 56.6 Å². The lowest BCUT2D eigenvalue weighted by atomic mass is 10.2. The van der Waals surface area contributed by atoms with Crippen LogP contribution in [0.25, 0.3) is 0 Å². The summed E-state index contributed by atoms with van der Waals surface area (Å²) in [5.41, 5.74) is 1.01. The van der Waals surface area contributed by atoms with Crippen LogP contribution in [0.1, 0.15) is 11.1 Å². The molecular formula is C15H15ClN2O5S. The lowest BCUT2D eigenvalue weighted by Gasteiger charge is -2.14. The minimum Gasteiger partial charge on any atom is -0.494 e. The number of halogens is 1. The van der Waals surface area contributed by atoms with E-state index in [1.165, 1.54) is 25.3 Å². The number of rotatable bonds is 5. The summed E-state index contributed by atoms with van der Waals surface area (Å²) in [6.07, 6.45) is 0. The van der Waals surface area contributed by atoms with Crippen LogP contribution in [0.5, 0.6) is 5.75 Å². The molecule has 0 aliphatic carbocycles. The highest BCUT2D eigenvalue weighted by molar-refractivity contribution is 7.92. The molecule has 7 nitrogen and oxygen atoms in total. The summed E-state index contributed by atoms with van der Waals surface area (Å²) >= 11 is 5.99. The molecule has 0 aromatic heterocycles. The molecule has 0 bridgehead atoms. The van der Waals surface area contributed by atoms with E-state index in [9.17, 15) is 18.5 Å². The van der Waals surface area contributed by atoms with E-state index < -0.39 is 14.9 Å². The first-order chi connectivity index (χ1) is 11.2. The largest absolute Gasteiger partial charge is 0.494 e. The molecule has 0 heterocycles. The molecule has 0 spiro atoms. The Morgan fingerprint density at radius 2 is 1.83 bits per heavy atom. The first-order valence-electron chi connectivity index (χ1n) is 6.77. The zero-order chi connectivity index (χ0) is 18.1. The number of hydrogen-bond donors (Lipinski definition) is 1. The number of nitrogens with zero attached hydrogens (tertiary/aromatic N) is 1. The number of aryl methyl sites for hydroxylation is 2. The van der Waals surface area contributed by atoms with Crippen molar-refractivity contribution in [2.45, 2.75) is 18.7 Å². The summed E-state index contributed by atoms with van der Waals surface area (Å²) in [4.78, 5) is 10.3. The summed E-state index contributed by atoms with van der Waals surface area (Å²) in [5, 5.41) is 11.3. The Balaban J connectivity index is 2.47. The number of sulfonamides is 1. The normalized spacial score (nSPS) is 11.2. The van der Waals surface area contributed by atoms with Gasteiger partial charge in [0.2, 0.25) is 0 Å². The number of hydrogen-bond acceptors (Lipinski definition) is 5. The van der Waals surface area contributed by atoms with E-state index in [0.717, 1.165) is 6.07 Å². The molecule has 0 saturated carbocycles. The Morgan fingerprint density at radius 1 is 1.17 bits per heavy atom. The zero-order valence-electron chi connectivity index (χ0n) is 13.2. The van der Waals surface area contributed by atoms with Gasteiger partial charge in [-0.25, -0.2) is 8.42 Å². The van der Waals surface area contributed by atoms with Gasteiger partial charge in [0.25, 0.3) is 15.7 Å². The predicted octanol–water partition coefficient (Wildman–Crippen LogP) is 3.67. The quantitative estimate of drug-likeness (QED) is 0.639. The highest BCUT2D eigenvalue weighted by Crippen LogP contribution is 2.32. The third-order valence-corrected chi connectivity index (χ3v) is 5.30. The molecule has 0 aliphatic heterocycles. The maximum Gasteiger partial charge on any atom is 0.273 e. The monoisotopic (exact) mass is 370 g/mol. The Morgan fingerprint density at radius 3 is 2.42 bits per heavy atom. The van der Waals surface area contributed by atoms with Crippen LogP contribution in [0.15, 0.2) is 35.2 Å². The fourth-order valence-electron chi connectivity index (χ4n) is 2.12. The summed E-state index contributed by atoms with van der Waals surface area (Å²) in [5.74, 6) is 0.0520. The number of nitro groups is 1. The van der Waals surface area contributed by atoms with Crippen LogP contribution < -0.4 is 9.46 Å². The fourth-order valence-corrected chi connectivity index (χ4v) is 3.72. The molecule has 2 aromatic carbocycles. The van der Waals surface area contributed by atoms with Gasteiger partial charge < -0.3 is 4.74 Å². The molecule has 9 heteroatoms. The van der Waals surface area contributed by atoms with E-state index in [4.69, 9.17) is 16.3 Å². The lowest BCUT2D eigenvalue weighted by Crippen LogP contribution is -2.15. The van der Waals surface area contributed by atoms with Crippen LogP contribution in [0, 0.1) is 24.0 Å². The van der Waals surface area contributed by atoms with Crippen molar-refractivity contribution < 1.29 is 18.1 Å². The number of methoxy groups -OCH3 is 1. The molecule has 0 radical (unpaired) electrons. The van der Waals surface area contributed by atoms with Gasteiger partial charge in [0, 0.05) is 11.1 Å². The Hall–Kier alpha value is -2.32. The van der Waals surface area contributed by atoms with Gasteiger partial charge in [-0.3, -0.25) is 14.8 Å². The summed E-state index contributed by atoms with van der Waals surface area (Å²) < 4.78 is 32.7. The van der Waals surface area contributed by atoms with Gasteiger partial charge in [0.1, 0.15) is 5.75 Å². The zero-order valence-corrected chi connectivity index (χ0v) is 14.7. The fraction of sp³-hybridized carbons (Fsp3) is 0.200. The van der Waals surface area contributed by atoms with Crippen LogP contribution >= 0.6 is 11.6 Å². The molecule has 0 saturated heterocycles. The predicted molar refractivity (Wildman–Crippen MR) is 91.4 cm³/mol. The second-order valence-electron chi connectivity index (χ2n) is 5.11. The highest BCUT2D eigenvalue weighted by atomic mass is 35.5. The number of anilines is 1. The molecule has 0 fully saturated rings. The minimum atomic E-state index is -3.91. The smallest absolute Gasteiger partial charge is 0.273 e. The van der Waals surface area contributed by atoms with Crippen molar-refractivity contribution in [1.82, 2.24) is 0 Å². The Labute approximate surface area is 144 Å². The first-order valence-corrected chi connectivity index (χ1v) is 8.64. The summed E-state index contributed by atoms with van der Waals surface area (Å²) in [7, 11) is -2.61. The Kier molecular flexibility index (Phi) is 5.00. The van der Waals surface area contributed by atoms with Crippen LogP contribution in [-0.4, -0.2) is 20.5 Å². The molecule has 0 aliphatic rings. The van der Waals surface area contributed by atoms with Gasteiger partial charge >= 0.3 is 0 Å². The van der Waals surface area contributed by atoms with E-state index in [2.05, 4.69) is 4.72 Å². The molecular weight excluding hydrogens is 356 g/mol. The number of nitro benzene ring substituents is 1. The van der Waals surface area contributed by atoms with Crippen LogP contribution in [0.3, 0.4) is 0 Å². The third-order valence-electron chi connectivity index (χ3n) is 3.39. The van der Waals surface area contributed by atoms with Gasteiger partial charge in [0.05, 0.1) is 28.7 Å². The van der Waals surface area contributed by atoms with E-state index in [0.29, 0.717) is 16.1 Å². The third kappa shape index (κ3) is 3.60. The molecule has 0 amide bonds. The second-order valence-corrected chi connectivity index (χ2v) is 7.17. The molecule has 0 unspecified atom stereocenters. The van der Waals surface area contributed by atoms with Gasteiger partial charge in [0.15, 0.2) is 0 Å². The second kappa shape index (κ2) is 6.66. The van der Waals surface area contributed by atoms with E-state index in [1.807, 2.05) is 0 Å². The lowest BCUT2D eigenvalue weighted by molar-refractivity contribution is -0.384. The average molecular weight is 371 g/mol. The first kappa shape index (κ1) is 18.0. The maximum atomic E-state index is 12.6. The Bertz CT molecular complexity index is 912. The molecule has 0 atom stereocenters. The highest BCUT2D eigenvalue weighted by Gasteiger charge is 2.21. The molecule has 24 heavy (non-hydrogen) atoms. The van der Waals surface area contributed by atoms with Gasteiger partial charge in [-0.05, 0) is 43.2 Å². The van der Waals surface area contributed by atoms with Gasteiger partial charge in [-0.1, -0.05) is 11.6 Å². The van der Waals surface area contributed by atoms with Gasteiger partial charge in [-0.15, -0.1) is 0 Å². The number of non-ortho nitro benzene ring substituents is 1. The SMILES string of the molecule is COc1cc([N+](=O)[O-])ccc1NS(=O)(=O)c1cc(C)c(Cl)cc1C. The maximum absolute atomic E-state index is 12.6. The van der Waals surface area contributed by atoms with E-state index in [-0.39, 0.29) is 22.0 Å². The van der Waals surface area contributed by atoms with Crippen molar-refractivity contribution in [2.24, 2.45) is 0 Å². The number of nitrogens with one attached hydrogen (secondary N) is 1. The average Bonchev–Trinajstić information content (AvgIpc) is 2.50. The summed E-state index contributed by atoms with van der Waals surface area (Å²) in [6.45, 7) is 3.33. The van der Waals surface area contributed by atoms with Crippen molar-refractivity contribution in [1.29, 1.82) is 0 Å². The van der Waals surface area contributed by atoms with Crippen molar-refractivity contribution >= 4 is 33.0 Å². The van der Waals surface area contributed by atoms with Crippen LogP contribution in [0.4, 0.5) is 11.4 Å². The molecule has 128 valence electrons. The van der Waals surface area contributed by atoms with Crippen LogP contribution in [-0.2, 0) is 10.0 Å².